The van der Waals surface area contributed by atoms with Crippen LogP contribution in [0.3, 0.4) is 0 Å². The van der Waals surface area contributed by atoms with Gasteiger partial charge in [0.15, 0.2) is 0 Å². The van der Waals surface area contributed by atoms with Crippen LogP contribution in [0.1, 0.15) is 22.3 Å². The van der Waals surface area contributed by atoms with Crippen LogP contribution in [-0.4, -0.2) is 15.0 Å². The van der Waals surface area contributed by atoms with E-state index in [-0.39, 0.29) is 0 Å². The lowest BCUT2D eigenvalue weighted by atomic mass is 9.67. The molecule has 12 aromatic rings. The number of fused-ring (bicyclic) bond motifs is 9. The summed E-state index contributed by atoms with van der Waals surface area (Å²) in [6, 6.07) is 85.2. The molecule has 0 fully saturated rings. The second-order valence-electron chi connectivity index (χ2n) is 17.1. The summed E-state index contributed by atoms with van der Waals surface area (Å²) in [4.78, 5) is 15.7. The van der Waals surface area contributed by atoms with Crippen LogP contribution in [0.5, 0.6) is 0 Å². The monoisotopic (exact) mass is 825 g/mol. The molecule has 3 heterocycles. The van der Waals surface area contributed by atoms with Crippen LogP contribution in [0.25, 0.3) is 99.5 Å². The van der Waals surface area contributed by atoms with Crippen molar-refractivity contribution in [2.45, 2.75) is 5.41 Å². The van der Waals surface area contributed by atoms with Crippen LogP contribution >= 0.6 is 0 Å². The second kappa shape index (κ2) is 14.8. The third-order valence-electron chi connectivity index (χ3n) is 13.5. The molecule has 3 aromatic heterocycles. The zero-order valence-corrected chi connectivity index (χ0v) is 35.4. The van der Waals surface area contributed by atoms with Gasteiger partial charge < -0.3 is 0 Å². The number of para-hydroxylation sites is 1. The lowest BCUT2D eigenvalue weighted by molar-refractivity contribution is 0.769. The highest BCUT2D eigenvalue weighted by molar-refractivity contribution is 6.13. The molecule has 3 nitrogen and oxygen atoms in total. The lowest BCUT2D eigenvalue weighted by Gasteiger charge is -2.34. The average molecular weight is 826 g/mol. The summed E-state index contributed by atoms with van der Waals surface area (Å²) in [5.41, 5.74) is 18.3. The van der Waals surface area contributed by atoms with Gasteiger partial charge in [0.2, 0.25) is 0 Å². The number of pyridine rings is 3. The molecule has 1 aliphatic rings. The summed E-state index contributed by atoms with van der Waals surface area (Å²) in [7, 11) is 0. The molecule has 302 valence electrons. The number of aromatic nitrogens is 3. The quantitative estimate of drug-likeness (QED) is 0.157. The molecule has 0 spiro atoms. The van der Waals surface area contributed by atoms with Gasteiger partial charge in [-0.1, -0.05) is 206 Å². The SMILES string of the molecule is c1ccc(-c2ccc3ccc4ccc(-c5ccc(-c6ccc(-c7nc8ccccc8c8cc9c(cc78)-c7ccccc7C9(c7ccccc7)c7ccccc7)cc6)cc5)nc4c3n2)cc1. The van der Waals surface area contributed by atoms with Crippen molar-refractivity contribution >= 4 is 43.5 Å². The Kier molecular flexibility index (Phi) is 8.44. The fourth-order valence-electron chi connectivity index (χ4n) is 10.5. The Morgan fingerprint density at radius 2 is 0.785 bits per heavy atom. The fourth-order valence-corrected chi connectivity index (χ4v) is 10.5. The van der Waals surface area contributed by atoms with Gasteiger partial charge in [-0.3, -0.25) is 0 Å². The van der Waals surface area contributed by atoms with Gasteiger partial charge >= 0.3 is 0 Å². The van der Waals surface area contributed by atoms with E-state index in [0.29, 0.717) is 0 Å². The maximum absolute atomic E-state index is 5.40. The van der Waals surface area contributed by atoms with Crippen molar-refractivity contribution in [1.29, 1.82) is 0 Å². The van der Waals surface area contributed by atoms with E-state index in [0.717, 1.165) is 83.0 Å². The van der Waals surface area contributed by atoms with Crippen molar-refractivity contribution in [3.05, 3.63) is 259 Å². The molecule has 0 amide bonds. The van der Waals surface area contributed by atoms with Crippen molar-refractivity contribution in [3.8, 4) is 56.0 Å². The lowest BCUT2D eigenvalue weighted by Crippen LogP contribution is -2.28. The Balaban J connectivity index is 0.896. The molecule has 0 N–H and O–H groups in total. The first kappa shape index (κ1) is 37.1. The summed E-state index contributed by atoms with van der Waals surface area (Å²) in [6.07, 6.45) is 0. The smallest absolute Gasteiger partial charge is 0.0972 e. The molecule has 1 aliphatic carbocycles. The Labute approximate surface area is 377 Å². The van der Waals surface area contributed by atoms with E-state index < -0.39 is 5.41 Å². The van der Waals surface area contributed by atoms with Crippen molar-refractivity contribution in [1.82, 2.24) is 15.0 Å². The maximum atomic E-state index is 5.40. The summed E-state index contributed by atoms with van der Waals surface area (Å²) in [6.45, 7) is 0. The maximum Gasteiger partial charge on any atom is 0.0972 e. The number of hydrogen-bond acceptors (Lipinski definition) is 3. The summed E-state index contributed by atoms with van der Waals surface area (Å²) in [5, 5.41) is 5.66. The van der Waals surface area contributed by atoms with Crippen LogP contribution in [0.15, 0.2) is 237 Å². The van der Waals surface area contributed by atoms with E-state index >= 15 is 0 Å². The Morgan fingerprint density at radius 3 is 1.42 bits per heavy atom. The zero-order valence-electron chi connectivity index (χ0n) is 35.4. The van der Waals surface area contributed by atoms with E-state index in [9.17, 15) is 0 Å². The predicted octanol–water partition coefficient (Wildman–Crippen LogP) is 15.5. The van der Waals surface area contributed by atoms with Crippen LogP contribution < -0.4 is 0 Å². The normalized spacial score (nSPS) is 12.7. The summed E-state index contributed by atoms with van der Waals surface area (Å²) in [5.74, 6) is 0. The molecule has 13 rings (SSSR count). The minimum absolute atomic E-state index is 0.479. The fraction of sp³-hybridized carbons (Fsp3) is 0.0161. The predicted molar refractivity (Wildman–Crippen MR) is 269 cm³/mol. The highest BCUT2D eigenvalue weighted by atomic mass is 14.8. The molecule has 0 unspecified atom stereocenters. The first-order valence-electron chi connectivity index (χ1n) is 22.3. The summed E-state index contributed by atoms with van der Waals surface area (Å²) >= 11 is 0. The first-order chi connectivity index (χ1) is 32.2. The minimum Gasteiger partial charge on any atom is -0.247 e. The highest BCUT2D eigenvalue weighted by Crippen LogP contribution is 2.57. The van der Waals surface area contributed by atoms with Crippen LogP contribution in [0.2, 0.25) is 0 Å². The van der Waals surface area contributed by atoms with E-state index in [1.54, 1.807) is 0 Å². The van der Waals surface area contributed by atoms with Crippen molar-refractivity contribution in [2.75, 3.05) is 0 Å². The number of rotatable bonds is 6. The molecule has 0 saturated carbocycles. The Bertz CT molecular complexity index is 3750. The zero-order chi connectivity index (χ0) is 42.9. The molecular formula is C62H39N3. The molecule has 65 heavy (non-hydrogen) atoms. The molecule has 9 aromatic carbocycles. The van der Waals surface area contributed by atoms with E-state index in [1.807, 2.05) is 18.2 Å². The van der Waals surface area contributed by atoms with Gasteiger partial charge in [-0.15, -0.1) is 0 Å². The first-order valence-corrected chi connectivity index (χ1v) is 22.3. The molecule has 0 radical (unpaired) electrons. The molecule has 3 heteroatoms. The van der Waals surface area contributed by atoms with Crippen LogP contribution in [0.4, 0.5) is 0 Å². The minimum atomic E-state index is -0.479. The van der Waals surface area contributed by atoms with E-state index in [1.165, 1.54) is 38.8 Å². The number of benzene rings is 9. The van der Waals surface area contributed by atoms with Gasteiger partial charge in [0, 0.05) is 38.2 Å². The van der Waals surface area contributed by atoms with E-state index in [2.05, 4.69) is 218 Å². The van der Waals surface area contributed by atoms with Gasteiger partial charge in [0.05, 0.1) is 39.0 Å². The van der Waals surface area contributed by atoms with Gasteiger partial charge in [-0.05, 0) is 80.2 Å². The van der Waals surface area contributed by atoms with Crippen LogP contribution in [-0.2, 0) is 5.41 Å². The molecule has 0 atom stereocenters. The molecule has 0 saturated heterocycles. The number of hydrogen-bond donors (Lipinski definition) is 0. The Hall–Kier alpha value is -8.53. The molecule has 0 bridgehead atoms. The average Bonchev–Trinajstić information content (AvgIpc) is 3.68. The number of nitrogens with zero attached hydrogens (tertiary/aromatic N) is 3. The largest absolute Gasteiger partial charge is 0.247 e. The van der Waals surface area contributed by atoms with Gasteiger partial charge in [-0.25, -0.2) is 15.0 Å². The molecular weight excluding hydrogens is 787 g/mol. The van der Waals surface area contributed by atoms with Gasteiger partial charge in [0.1, 0.15) is 0 Å². The van der Waals surface area contributed by atoms with Crippen molar-refractivity contribution in [2.24, 2.45) is 0 Å². The van der Waals surface area contributed by atoms with Gasteiger partial charge in [0.25, 0.3) is 0 Å². The standard InChI is InChI=1S/C62H39N3/c1-4-14-42(15-5-1)56-36-34-45-32-33-46-35-37-57(64-61(46)60(45)63-56)43-28-24-40(25-29-43)41-26-30-44(31-27-41)59-53-38-52-49-20-10-12-22-54(49)62(47-16-6-2-7-17-47,48-18-8-3-9-19-48)55(52)39-51(53)50-21-11-13-23-58(50)65-59/h1-39H. The summed E-state index contributed by atoms with van der Waals surface area (Å²) < 4.78 is 0. The molecule has 0 aliphatic heterocycles. The van der Waals surface area contributed by atoms with Crippen LogP contribution in [0, 0.1) is 0 Å². The second-order valence-corrected chi connectivity index (χ2v) is 17.1. The van der Waals surface area contributed by atoms with Crippen molar-refractivity contribution < 1.29 is 0 Å². The van der Waals surface area contributed by atoms with Gasteiger partial charge in [-0.2, -0.15) is 0 Å². The topological polar surface area (TPSA) is 38.7 Å². The third-order valence-corrected chi connectivity index (χ3v) is 13.5. The highest BCUT2D eigenvalue weighted by Gasteiger charge is 2.46. The van der Waals surface area contributed by atoms with E-state index in [4.69, 9.17) is 15.0 Å². The van der Waals surface area contributed by atoms with Crippen molar-refractivity contribution in [3.63, 3.8) is 0 Å². The third kappa shape index (κ3) is 5.86. The Morgan fingerprint density at radius 1 is 0.292 bits per heavy atom.